The van der Waals surface area contributed by atoms with E-state index in [1.54, 1.807) is 6.07 Å². The second kappa shape index (κ2) is 7.45. The van der Waals surface area contributed by atoms with Crippen molar-refractivity contribution < 1.29 is 18.7 Å². The Morgan fingerprint density at radius 2 is 1.86 bits per heavy atom. The van der Waals surface area contributed by atoms with E-state index < -0.39 is 12.1 Å². The number of hydrogen-bond donors (Lipinski definition) is 1. The Balaban J connectivity index is 1.95. The van der Waals surface area contributed by atoms with Gasteiger partial charge < -0.3 is 14.5 Å². The van der Waals surface area contributed by atoms with Gasteiger partial charge in [0.1, 0.15) is 0 Å². The van der Waals surface area contributed by atoms with Crippen molar-refractivity contribution >= 4 is 11.9 Å². The summed E-state index contributed by atoms with van der Waals surface area (Å²) in [5.74, 6) is -1.02. The van der Waals surface area contributed by atoms with Crippen molar-refractivity contribution in [2.45, 2.75) is 26.5 Å². The molecule has 0 saturated carbocycles. The Morgan fingerprint density at radius 3 is 2.45 bits per heavy atom. The zero-order valence-electron chi connectivity index (χ0n) is 12.6. The maximum Gasteiger partial charge on any atom is 0.375 e. The lowest BCUT2D eigenvalue weighted by atomic mass is 10.1. The van der Waals surface area contributed by atoms with Crippen molar-refractivity contribution in [1.29, 1.82) is 0 Å². The van der Waals surface area contributed by atoms with Gasteiger partial charge in [-0.15, -0.1) is 0 Å². The molecule has 1 atom stereocenters. The van der Waals surface area contributed by atoms with Crippen LogP contribution in [0.5, 0.6) is 0 Å². The monoisotopic (exact) mass is 301 g/mol. The number of carbonyl (C=O) groups excluding carboxylic acids is 2. The van der Waals surface area contributed by atoms with Crippen LogP contribution >= 0.6 is 0 Å². The molecule has 0 aliphatic heterocycles. The number of carbonyl (C=O) groups is 2. The maximum absolute atomic E-state index is 12.2. The minimum absolute atomic E-state index is 0.0847. The first-order chi connectivity index (χ1) is 10.6. The predicted molar refractivity (Wildman–Crippen MR) is 81.0 cm³/mol. The molecule has 2 rings (SSSR count). The second-order valence-electron chi connectivity index (χ2n) is 5.25. The van der Waals surface area contributed by atoms with E-state index in [9.17, 15) is 9.59 Å². The van der Waals surface area contributed by atoms with Gasteiger partial charge in [0.25, 0.3) is 5.91 Å². The summed E-state index contributed by atoms with van der Waals surface area (Å²) in [7, 11) is 0. The van der Waals surface area contributed by atoms with Crippen molar-refractivity contribution in [1.82, 2.24) is 5.32 Å². The summed E-state index contributed by atoms with van der Waals surface area (Å²) in [6.45, 7) is 4.03. The third-order valence-electron chi connectivity index (χ3n) is 3.13. The van der Waals surface area contributed by atoms with Crippen molar-refractivity contribution in [2.24, 2.45) is 5.92 Å². The van der Waals surface area contributed by atoms with Crippen LogP contribution in [0.1, 0.15) is 30.0 Å². The Labute approximate surface area is 129 Å². The van der Waals surface area contributed by atoms with Gasteiger partial charge in [0, 0.05) is 6.54 Å². The Kier molecular flexibility index (Phi) is 5.36. The second-order valence-corrected chi connectivity index (χ2v) is 5.25. The summed E-state index contributed by atoms with van der Waals surface area (Å²) in [6, 6.07) is 12.6. The first kappa shape index (κ1) is 15.8. The van der Waals surface area contributed by atoms with Gasteiger partial charge in [-0.2, -0.15) is 0 Å². The lowest BCUT2D eigenvalue weighted by Crippen LogP contribution is -2.40. The number of benzene rings is 1. The van der Waals surface area contributed by atoms with E-state index in [4.69, 9.17) is 9.15 Å². The molecule has 1 heterocycles. The van der Waals surface area contributed by atoms with Crippen LogP contribution in [0.2, 0.25) is 0 Å². The molecule has 116 valence electrons. The highest BCUT2D eigenvalue weighted by Crippen LogP contribution is 2.12. The first-order valence-corrected chi connectivity index (χ1v) is 7.14. The van der Waals surface area contributed by atoms with Crippen LogP contribution in [0.25, 0.3) is 0 Å². The van der Waals surface area contributed by atoms with Gasteiger partial charge in [-0.3, -0.25) is 4.79 Å². The highest BCUT2D eigenvalue weighted by Gasteiger charge is 2.27. The maximum atomic E-state index is 12.2. The summed E-state index contributed by atoms with van der Waals surface area (Å²) in [4.78, 5) is 24.1. The zero-order valence-corrected chi connectivity index (χ0v) is 12.6. The average molecular weight is 301 g/mol. The van der Waals surface area contributed by atoms with Crippen molar-refractivity contribution in [3.63, 3.8) is 0 Å². The van der Waals surface area contributed by atoms with Crippen LogP contribution in [-0.2, 0) is 16.1 Å². The Bertz CT molecular complexity index is 605. The molecule has 0 saturated heterocycles. The topological polar surface area (TPSA) is 68.5 Å². The molecule has 1 aromatic heterocycles. The van der Waals surface area contributed by atoms with Gasteiger partial charge in [0.2, 0.25) is 5.76 Å². The van der Waals surface area contributed by atoms with Crippen molar-refractivity contribution in [2.75, 3.05) is 0 Å². The van der Waals surface area contributed by atoms with E-state index in [0.717, 1.165) is 5.56 Å². The molecular formula is C17H19NO4. The van der Waals surface area contributed by atoms with Crippen LogP contribution in [0, 0.1) is 5.92 Å². The smallest absolute Gasteiger partial charge is 0.375 e. The van der Waals surface area contributed by atoms with Gasteiger partial charge in [0.15, 0.2) is 6.10 Å². The SMILES string of the molecule is CC(C)[C@H](OC(=O)c1ccco1)C(=O)NCc1ccccc1. The van der Waals surface area contributed by atoms with Gasteiger partial charge in [-0.05, 0) is 23.6 Å². The fourth-order valence-corrected chi connectivity index (χ4v) is 1.95. The molecule has 0 radical (unpaired) electrons. The summed E-state index contributed by atoms with van der Waals surface area (Å²) in [5.41, 5.74) is 0.982. The molecule has 2 aromatic rings. The summed E-state index contributed by atoms with van der Waals surface area (Å²) < 4.78 is 10.2. The van der Waals surface area contributed by atoms with Gasteiger partial charge >= 0.3 is 5.97 Å². The molecule has 1 amide bonds. The number of nitrogens with one attached hydrogen (secondary N) is 1. The van der Waals surface area contributed by atoms with Crippen LogP contribution in [-0.4, -0.2) is 18.0 Å². The molecule has 5 nitrogen and oxygen atoms in total. The fraction of sp³-hybridized carbons (Fsp3) is 0.294. The molecule has 0 aliphatic carbocycles. The van der Waals surface area contributed by atoms with Crippen LogP contribution in [0.4, 0.5) is 0 Å². The number of amides is 1. The first-order valence-electron chi connectivity index (χ1n) is 7.14. The molecule has 0 fully saturated rings. The predicted octanol–water partition coefficient (Wildman–Crippen LogP) is 2.78. The van der Waals surface area contributed by atoms with E-state index in [1.807, 2.05) is 44.2 Å². The number of rotatable bonds is 6. The van der Waals surface area contributed by atoms with Crippen LogP contribution < -0.4 is 5.32 Å². The number of furan rings is 1. The minimum atomic E-state index is -0.860. The molecule has 0 aliphatic rings. The fourth-order valence-electron chi connectivity index (χ4n) is 1.95. The largest absolute Gasteiger partial charge is 0.457 e. The van der Waals surface area contributed by atoms with E-state index in [-0.39, 0.29) is 17.6 Å². The molecule has 5 heteroatoms. The number of ether oxygens (including phenoxy) is 1. The van der Waals surface area contributed by atoms with Gasteiger partial charge in [-0.1, -0.05) is 44.2 Å². The molecule has 22 heavy (non-hydrogen) atoms. The van der Waals surface area contributed by atoms with E-state index in [2.05, 4.69) is 5.32 Å². The number of esters is 1. The number of hydrogen-bond acceptors (Lipinski definition) is 4. The molecule has 1 aromatic carbocycles. The van der Waals surface area contributed by atoms with E-state index in [1.165, 1.54) is 12.3 Å². The van der Waals surface area contributed by atoms with Crippen LogP contribution in [0.3, 0.4) is 0 Å². The van der Waals surface area contributed by atoms with Gasteiger partial charge in [-0.25, -0.2) is 4.79 Å². The molecule has 1 N–H and O–H groups in total. The van der Waals surface area contributed by atoms with Crippen LogP contribution in [0.15, 0.2) is 53.1 Å². The highest BCUT2D eigenvalue weighted by atomic mass is 16.6. The highest BCUT2D eigenvalue weighted by molar-refractivity contribution is 5.90. The third kappa shape index (κ3) is 4.22. The Morgan fingerprint density at radius 1 is 1.14 bits per heavy atom. The standard InChI is InChI=1S/C17H19NO4/c1-12(2)15(22-17(20)14-9-6-10-21-14)16(19)18-11-13-7-4-3-5-8-13/h3-10,12,15H,11H2,1-2H3,(H,18,19)/t15-/m0/s1. The van der Waals surface area contributed by atoms with E-state index >= 15 is 0 Å². The Hall–Kier alpha value is -2.56. The summed E-state index contributed by atoms with van der Waals surface area (Å²) in [6.07, 6.45) is 0.525. The zero-order chi connectivity index (χ0) is 15.9. The molecule has 0 unspecified atom stereocenters. The summed E-state index contributed by atoms with van der Waals surface area (Å²) >= 11 is 0. The normalized spacial score (nSPS) is 12.0. The molecule has 0 bridgehead atoms. The lowest BCUT2D eigenvalue weighted by molar-refractivity contribution is -0.132. The molecule has 0 spiro atoms. The van der Waals surface area contributed by atoms with Crippen molar-refractivity contribution in [3.8, 4) is 0 Å². The quantitative estimate of drug-likeness (QED) is 0.833. The van der Waals surface area contributed by atoms with Crippen molar-refractivity contribution in [3.05, 3.63) is 60.1 Å². The van der Waals surface area contributed by atoms with E-state index in [0.29, 0.717) is 6.54 Å². The summed E-state index contributed by atoms with van der Waals surface area (Å²) in [5, 5.41) is 2.78. The molecular weight excluding hydrogens is 282 g/mol. The average Bonchev–Trinajstić information content (AvgIpc) is 3.05. The third-order valence-corrected chi connectivity index (χ3v) is 3.13. The minimum Gasteiger partial charge on any atom is -0.457 e. The lowest BCUT2D eigenvalue weighted by Gasteiger charge is -2.20. The van der Waals surface area contributed by atoms with Gasteiger partial charge in [0.05, 0.1) is 6.26 Å².